The smallest absolute Gasteiger partial charge is 0.0720 e. The van der Waals surface area contributed by atoms with E-state index in [1.165, 1.54) is 24.0 Å². The number of hydrogen-bond acceptors (Lipinski definition) is 2. The highest BCUT2D eigenvalue weighted by atomic mass is 16.5. The van der Waals surface area contributed by atoms with Gasteiger partial charge in [0.15, 0.2) is 0 Å². The van der Waals surface area contributed by atoms with Crippen LogP contribution >= 0.6 is 0 Å². The molecule has 0 aromatic heterocycles. The van der Waals surface area contributed by atoms with Crippen molar-refractivity contribution in [3.63, 3.8) is 0 Å². The number of ether oxygens (including phenoxy) is 1. The molecule has 1 atom stereocenters. The highest BCUT2D eigenvalue weighted by Gasteiger charge is 2.19. The molecule has 0 radical (unpaired) electrons. The molecular weight excluding hydrogens is 222 g/mol. The average Bonchev–Trinajstić information content (AvgIpc) is 3.18. The van der Waals surface area contributed by atoms with E-state index in [4.69, 9.17) is 4.74 Å². The van der Waals surface area contributed by atoms with Gasteiger partial charge in [-0.2, -0.15) is 0 Å². The molecule has 1 aromatic rings. The summed E-state index contributed by atoms with van der Waals surface area (Å²) in [5.74, 6) is 0.574. The van der Waals surface area contributed by atoms with E-state index in [1.54, 1.807) is 0 Å². The van der Waals surface area contributed by atoms with Gasteiger partial charge >= 0.3 is 0 Å². The first-order valence-corrected chi connectivity index (χ1v) is 7.08. The van der Waals surface area contributed by atoms with Crippen LogP contribution in [0.4, 0.5) is 0 Å². The predicted octanol–water partition coefficient (Wildman–Crippen LogP) is 3.50. The molecule has 100 valence electrons. The zero-order valence-corrected chi connectivity index (χ0v) is 11.8. The molecule has 1 saturated carbocycles. The summed E-state index contributed by atoms with van der Waals surface area (Å²) in [6.45, 7) is 8.24. The van der Waals surface area contributed by atoms with Crippen LogP contribution in [0.25, 0.3) is 0 Å². The molecule has 1 fully saturated rings. The minimum atomic E-state index is 0.318. The monoisotopic (exact) mass is 247 g/mol. The first-order chi connectivity index (χ1) is 8.65. The minimum absolute atomic E-state index is 0.318. The number of nitrogens with one attached hydrogen (secondary N) is 1. The largest absolute Gasteiger partial charge is 0.374 e. The molecule has 2 heteroatoms. The molecule has 0 saturated heterocycles. The van der Waals surface area contributed by atoms with Gasteiger partial charge in [-0.25, -0.2) is 0 Å². The summed E-state index contributed by atoms with van der Waals surface area (Å²) in [6, 6.07) is 9.48. The van der Waals surface area contributed by atoms with E-state index in [0.717, 1.165) is 19.2 Å². The maximum Gasteiger partial charge on any atom is 0.0720 e. The van der Waals surface area contributed by atoms with Crippen molar-refractivity contribution in [1.29, 1.82) is 0 Å². The van der Waals surface area contributed by atoms with Crippen LogP contribution in [0.2, 0.25) is 0 Å². The van der Waals surface area contributed by atoms with Crippen LogP contribution in [0.15, 0.2) is 24.3 Å². The molecule has 1 aliphatic carbocycles. The van der Waals surface area contributed by atoms with Gasteiger partial charge < -0.3 is 10.1 Å². The summed E-state index contributed by atoms with van der Waals surface area (Å²) in [5.41, 5.74) is 2.64. The second kappa shape index (κ2) is 6.35. The molecular formula is C16H25NO. The van der Waals surface area contributed by atoms with Crippen molar-refractivity contribution in [1.82, 2.24) is 5.32 Å². The van der Waals surface area contributed by atoms with Gasteiger partial charge in [-0.05, 0) is 36.8 Å². The summed E-state index contributed by atoms with van der Waals surface area (Å²) in [5, 5.41) is 3.54. The highest BCUT2D eigenvalue weighted by molar-refractivity contribution is 5.23. The molecule has 0 heterocycles. The lowest BCUT2D eigenvalue weighted by Crippen LogP contribution is -2.16. The van der Waals surface area contributed by atoms with Crippen LogP contribution in [0.1, 0.15) is 44.7 Å². The van der Waals surface area contributed by atoms with Gasteiger partial charge in [-0.1, -0.05) is 38.1 Å². The molecule has 0 spiro atoms. The first kappa shape index (κ1) is 13.6. The van der Waals surface area contributed by atoms with E-state index in [0.29, 0.717) is 12.0 Å². The van der Waals surface area contributed by atoms with Gasteiger partial charge in [0.05, 0.1) is 12.7 Å². The Morgan fingerprint density at radius 2 is 1.94 bits per heavy atom. The van der Waals surface area contributed by atoms with E-state index >= 15 is 0 Å². The summed E-state index contributed by atoms with van der Waals surface area (Å²) in [4.78, 5) is 0. The Bertz CT molecular complexity index is 371. The molecule has 1 N–H and O–H groups in total. The van der Waals surface area contributed by atoms with E-state index in [2.05, 4.69) is 50.4 Å². The lowest BCUT2D eigenvalue weighted by molar-refractivity contribution is 0.0235. The van der Waals surface area contributed by atoms with Crippen molar-refractivity contribution in [3.05, 3.63) is 35.4 Å². The molecule has 1 aromatic carbocycles. The quantitative estimate of drug-likeness (QED) is 0.796. The van der Waals surface area contributed by atoms with Crippen LogP contribution in [0.5, 0.6) is 0 Å². The Morgan fingerprint density at radius 3 is 2.61 bits per heavy atom. The normalized spacial score (nSPS) is 17.1. The Balaban J connectivity index is 1.81. The van der Waals surface area contributed by atoms with Gasteiger partial charge in [0.2, 0.25) is 0 Å². The number of benzene rings is 1. The van der Waals surface area contributed by atoms with Gasteiger partial charge in [-0.3, -0.25) is 0 Å². The third-order valence-electron chi connectivity index (χ3n) is 3.62. The molecule has 0 bridgehead atoms. The maximum atomic E-state index is 5.86. The number of rotatable bonds is 7. The molecule has 0 amide bonds. The van der Waals surface area contributed by atoms with Crippen molar-refractivity contribution < 1.29 is 4.74 Å². The standard InChI is InChI=1S/C16H25NO/c1-12(2)13(3)18-11-15-6-4-5-14(9-15)10-17-16-7-8-16/h4-6,9,12-13,16-17H,7-8,10-11H2,1-3H3. The van der Waals surface area contributed by atoms with E-state index in [9.17, 15) is 0 Å². The Labute approximate surface area is 111 Å². The zero-order chi connectivity index (χ0) is 13.0. The minimum Gasteiger partial charge on any atom is -0.374 e. The molecule has 18 heavy (non-hydrogen) atoms. The molecule has 1 aliphatic rings. The molecule has 2 rings (SSSR count). The van der Waals surface area contributed by atoms with Crippen molar-refractivity contribution >= 4 is 0 Å². The highest BCUT2D eigenvalue weighted by Crippen LogP contribution is 2.19. The van der Waals surface area contributed by atoms with Crippen molar-refractivity contribution in [3.8, 4) is 0 Å². The van der Waals surface area contributed by atoms with Gasteiger partial charge in [-0.15, -0.1) is 0 Å². The van der Waals surface area contributed by atoms with E-state index < -0.39 is 0 Å². The second-order valence-electron chi connectivity index (χ2n) is 5.74. The van der Waals surface area contributed by atoms with E-state index in [1.807, 2.05) is 0 Å². The lowest BCUT2D eigenvalue weighted by Gasteiger charge is -2.16. The lowest BCUT2D eigenvalue weighted by atomic mass is 10.1. The van der Waals surface area contributed by atoms with Crippen molar-refractivity contribution in [2.75, 3.05) is 0 Å². The molecule has 0 aliphatic heterocycles. The summed E-state index contributed by atoms with van der Waals surface area (Å²) in [6.07, 6.45) is 3.00. The average molecular weight is 247 g/mol. The first-order valence-electron chi connectivity index (χ1n) is 7.08. The Kier molecular flexibility index (Phi) is 4.79. The Hall–Kier alpha value is -0.860. The topological polar surface area (TPSA) is 21.3 Å². The van der Waals surface area contributed by atoms with Crippen LogP contribution in [0, 0.1) is 5.92 Å². The Morgan fingerprint density at radius 1 is 1.22 bits per heavy atom. The zero-order valence-electron chi connectivity index (χ0n) is 11.8. The fraction of sp³-hybridized carbons (Fsp3) is 0.625. The van der Waals surface area contributed by atoms with E-state index in [-0.39, 0.29) is 0 Å². The third kappa shape index (κ3) is 4.43. The maximum absolute atomic E-state index is 5.86. The fourth-order valence-electron chi connectivity index (χ4n) is 1.80. The molecule has 2 nitrogen and oxygen atoms in total. The summed E-state index contributed by atoms with van der Waals surface area (Å²) < 4.78 is 5.86. The van der Waals surface area contributed by atoms with Gasteiger partial charge in [0, 0.05) is 12.6 Å². The molecule has 1 unspecified atom stereocenters. The number of hydrogen-bond donors (Lipinski definition) is 1. The summed E-state index contributed by atoms with van der Waals surface area (Å²) in [7, 11) is 0. The van der Waals surface area contributed by atoms with Gasteiger partial charge in [0.25, 0.3) is 0 Å². The second-order valence-corrected chi connectivity index (χ2v) is 5.74. The van der Waals surface area contributed by atoms with Crippen molar-refractivity contribution in [2.24, 2.45) is 5.92 Å². The van der Waals surface area contributed by atoms with Crippen LogP contribution in [0.3, 0.4) is 0 Å². The SMILES string of the molecule is CC(C)C(C)OCc1cccc(CNC2CC2)c1. The van der Waals surface area contributed by atoms with Crippen LogP contribution in [-0.4, -0.2) is 12.1 Å². The van der Waals surface area contributed by atoms with Crippen LogP contribution < -0.4 is 5.32 Å². The van der Waals surface area contributed by atoms with Crippen LogP contribution in [-0.2, 0) is 17.9 Å². The predicted molar refractivity (Wildman–Crippen MR) is 75.4 cm³/mol. The van der Waals surface area contributed by atoms with Crippen molar-refractivity contribution in [2.45, 2.75) is 58.9 Å². The fourth-order valence-corrected chi connectivity index (χ4v) is 1.80. The van der Waals surface area contributed by atoms with Gasteiger partial charge in [0.1, 0.15) is 0 Å². The summed E-state index contributed by atoms with van der Waals surface area (Å²) >= 11 is 0. The third-order valence-corrected chi connectivity index (χ3v) is 3.62.